The van der Waals surface area contributed by atoms with Crippen LogP contribution in [0, 0.1) is 0 Å². The predicted molar refractivity (Wildman–Crippen MR) is 58.6 cm³/mol. The van der Waals surface area contributed by atoms with Gasteiger partial charge in [-0.3, -0.25) is 4.79 Å². The number of esters is 1. The summed E-state index contributed by atoms with van der Waals surface area (Å²) in [5, 5.41) is 0. The summed E-state index contributed by atoms with van der Waals surface area (Å²) < 4.78 is 5.07. The zero-order chi connectivity index (χ0) is 11.8. The number of carbonyl (C=O) groups is 2. The predicted octanol–water partition coefficient (Wildman–Crippen LogP) is 1.04. The highest BCUT2D eigenvalue weighted by Crippen LogP contribution is 2.42. The smallest absolute Gasteiger partial charge is 0.336 e. The van der Waals surface area contributed by atoms with Gasteiger partial charge in [0.1, 0.15) is 6.61 Å². The zero-order valence-electron chi connectivity index (χ0n) is 9.31. The van der Waals surface area contributed by atoms with E-state index < -0.39 is 5.54 Å². The molecule has 0 N–H and O–H groups in total. The molecule has 2 aliphatic heterocycles. The Kier molecular flexibility index (Phi) is 2.58. The minimum Gasteiger partial charge on any atom is -0.459 e. The molecule has 1 amide bonds. The van der Waals surface area contributed by atoms with Crippen LogP contribution in [0.2, 0.25) is 0 Å². The van der Waals surface area contributed by atoms with Crippen LogP contribution in [0.1, 0.15) is 19.8 Å². The molecule has 2 aliphatic rings. The second-order valence-corrected chi connectivity index (χ2v) is 4.17. The first-order valence-corrected chi connectivity index (χ1v) is 5.39. The average molecular weight is 221 g/mol. The van der Waals surface area contributed by atoms with Gasteiger partial charge in [-0.15, -0.1) is 0 Å². The summed E-state index contributed by atoms with van der Waals surface area (Å²) in [6.45, 7) is 5.17. The lowest BCUT2D eigenvalue weighted by Gasteiger charge is -2.31. The summed E-state index contributed by atoms with van der Waals surface area (Å²) in [4.78, 5) is 25.2. The lowest BCUT2D eigenvalue weighted by molar-refractivity contribution is -0.156. The van der Waals surface area contributed by atoms with Crippen LogP contribution in [0.5, 0.6) is 0 Å². The first-order valence-electron chi connectivity index (χ1n) is 5.39. The summed E-state index contributed by atoms with van der Waals surface area (Å²) in [6, 6.07) is 0.0637. The van der Waals surface area contributed by atoms with Crippen LogP contribution in [-0.4, -0.2) is 35.0 Å². The van der Waals surface area contributed by atoms with Crippen molar-refractivity contribution in [3.05, 3.63) is 24.8 Å². The van der Waals surface area contributed by atoms with Crippen molar-refractivity contribution in [2.75, 3.05) is 6.61 Å². The number of fused-ring (bicyclic) bond motifs is 2. The van der Waals surface area contributed by atoms with Crippen LogP contribution in [0.3, 0.4) is 0 Å². The largest absolute Gasteiger partial charge is 0.459 e. The van der Waals surface area contributed by atoms with E-state index in [1.807, 2.05) is 6.08 Å². The maximum absolute atomic E-state index is 12.0. The Hall–Kier alpha value is -1.58. The Bertz CT molecular complexity index is 374. The summed E-state index contributed by atoms with van der Waals surface area (Å²) in [5.41, 5.74) is -0.848. The summed E-state index contributed by atoms with van der Waals surface area (Å²) in [6.07, 6.45) is 6.73. The number of nitrogens with zero attached hydrogens (tertiary/aromatic N) is 1. The van der Waals surface area contributed by atoms with Crippen molar-refractivity contribution in [3.8, 4) is 0 Å². The Balaban J connectivity index is 2.22. The van der Waals surface area contributed by atoms with Crippen LogP contribution in [0.25, 0.3) is 0 Å². The quantitative estimate of drug-likeness (QED) is 0.528. The van der Waals surface area contributed by atoms with Crippen molar-refractivity contribution < 1.29 is 14.3 Å². The molecule has 2 heterocycles. The molecule has 2 atom stereocenters. The number of hydrogen-bond donors (Lipinski definition) is 0. The third-order valence-electron chi connectivity index (χ3n) is 3.20. The molecule has 4 nitrogen and oxygen atoms in total. The third-order valence-corrected chi connectivity index (χ3v) is 3.20. The summed E-state index contributed by atoms with van der Waals surface area (Å²) in [5.74, 6) is -0.429. The van der Waals surface area contributed by atoms with E-state index in [0.717, 1.165) is 6.42 Å². The van der Waals surface area contributed by atoms with Gasteiger partial charge in [-0.05, 0) is 18.9 Å². The maximum Gasteiger partial charge on any atom is 0.336 e. The molecule has 0 radical (unpaired) electrons. The van der Waals surface area contributed by atoms with Gasteiger partial charge in [0.25, 0.3) is 0 Å². The first kappa shape index (κ1) is 10.9. The minimum atomic E-state index is -0.848. The fourth-order valence-electron chi connectivity index (χ4n) is 2.57. The van der Waals surface area contributed by atoms with E-state index in [1.54, 1.807) is 11.0 Å². The van der Waals surface area contributed by atoms with E-state index >= 15 is 0 Å². The highest BCUT2D eigenvalue weighted by molar-refractivity contribution is 5.91. The Morgan fingerprint density at radius 2 is 2.44 bits per heavy atom. The second-order valence-electron chi connectivity index (χ2n) is 4.17. The maximum atomic E-state index is 12.0. The summed E-state index contributed by atoms with van der Waals surface area (Å²) in [7, 11) is 0. The molecule has 0 unspecified atom stereocenters. The van der Waals surface area contributed by atoms with E-state index in [4.69, 9.17) is 4.74 Å². The Labute approximate surface area is 94.6 Å². The lowest BCUT2D eigenvalue weighted by Crippen LogP contribution is -2.51. The number of ether oxygens (including phenoxy) is 1. The Morgan fingerprint density at radius 3 is 2.94 bits per heavy atom. The molecule has 16 heavy (non-hydrogen) atoms. The van der Waals surface area contributed by atoms with Crippen molar-refractivity contribution in [2.45, 2.75) is 31.3 Å². The van der Waals surface area contributed by atoms with Gasteiger partial charge in [0, 0.05) is 6.92 Å². The number of rotatable bonds is 3. The van der Waals surface area contributed by atoms with Gasteiger partial charge in [0.15, 0.2) is 5.54 Å². The molecular formula is C12H15NO3. The van der Waals surface area contributed by atoms with Crippen LogP contribution >= 0.6 is 0 Å². The van der Waals surface area contributed by atoms with Gasteiger partial charge in [-0.1, -0.05) is 18.7 Å². The molecule has 0 spiro atoms. The molecule has 0 aromatic rings. The lowest BCUT2D eigenvalue weighted by atomic mass is 9.93. The van der Waals surface area contributed by atoms with Gasteiger partial charge in [0.05, 0.1) is 6.04 Å². The van der Waals surface area contributed by atoms with Crippen LogP contribution in [-0.2, 0) is 14.3 Å². The van der Waals surface area contributed by atoms with Crippen molar-refractivity contribution >= 4 is 11.9 Å². The molecule has 2 rings (SSSR count). The zero-order valence-corrected chi connectivity index (χ0v) is 9.31. The number of hydrogen-bond acceptors (Lipinski definition) is 3. The summed E-state index contributed by atoms with van der Waals surface area (Å²) >= 11 is 0. The van der Waals surface area contributed by atoms with Crippen molar-refractivity contribution in [2.24, 2.45) is 0 Å². The van der Waals surface area contributed by atoms with Gasteiger partial charge in [0.2, 0.25) is 5.91 Å². The average Bonchev–Trinajstić information content (AvgIpc) is 2.81. The molecule has 0 aliphatic carbocycles. The molecule has 1 fully saturated rings. The molecule has 1 saturated heterocycles. The molecule has 0 saturated carbocycles. The standard InChI is InChI=1S/C12H15NO3/c1-3-8-16-11(15)12-6-4-10(5-7-12)13(12)9(2)14/h3-4,6,10H,1,5,7-8H2,2H3/t10-,12+/m0/s1. The second kappa shape index (κ2) is 3.77. The number of amides is 1. The highest BCUT2D eigenvalue weighted by Gasteiger charge is 2.55. The van der Waals surface area contributed by atoms with Gasteiger partial charge < -0.3 is 9.64 Å². The van der Waals surface area contributed by atoms with E-state index in [2.05, 4.69) is 6.58 Å². The molecule has 0 aromatic carbocycles. The van der Waals surface area contributed by atoms with E-state index in [-0.39, 0.29) is 24.5 Å². The normalized spacial score (nSPS) is 30.6. The van der Waals surface area contributed by atoms with Crippen LogP contribution in [0.4, 0.5) is 0 Å². The van der Waals surface area contributed by atoms with E-state index in [1.165, 1.54) is 13.0 Å². The SMILES string of the molecule is C=CCOC(=O)[C@@]12C=C[C@@H](CC1)N2C(C)=O. The van der Waals surface area contributed by atoms with Crippen molar-refractivity contribution in [3.63, 3.8) is 0 Å². The fourth-order valence-corrected chi connectivity index (χ4v) is 2.57. The topological polar surface area (TPSA) is 46.6 Å². The van der Waals surface area contributed by atoms with E-state index in [9.17, 15) is 9.59 Å². The minimum absolute atomic E-state index is 0.0637. The third kappa shape index (κ3) is 1.37. The van der Waals surface area contributed by atoms with Crippen LogP contribution in [0.15, 0.2) is 24.8 Å². The fraction of sp³-hybridized carbons (Fsp3) is 0.500. The first-order chi connectivity index (χ1) is 7.62. The Morgan fingerprint density at radius 1 is 1.69 bits per heavy atom. The highest BCUT2D eigenvalue weighted by atomic mass is 16.5. The van der Waals surface area contributed by atoms with Gasteiger partial charge in [-0.2, -0.15) is 0 Å². The van der Waals surface area contributed by atoms with E-state index in [0.29, 0.717) is 6.42 Å². The number of carbonyl (C=O) groups excluding carboxylic acids is 2. The molecular weight excluding hydrogens is 206 g/mol. The van der Waals surface area contributed by atoms with Crippen molar-refractivity contribution in [1.29, 1.82) is 0 Å². The molecule has 4 heteroatoms. The van der Waals surface area contributed by atoms with Crippen LogP contribution < -0.4 is 0 Å². The van der Waals surface area contributed by atoms with Crippen molar-refractivity contribution in [1.82, 2.24) is 4.90 Å². The van der Waals surface area contributed by atoms with Gasteiger partial charge >= 0.3 is 5.97 Å². The molecule has 0 aromatic heterocycles. The van der Waals surface area contributed by atoms with Gasteiger partial charge in [-0.25, -0.2) is 4.79 Å². The molecule has 2 bridgehead atoms. The monoisotopic (exact) mass is 221 g/mol. The molecule has 86 valence electrons.